The van der Waals surface area contributed by atoms with Crippen LogP contribution in [-0.2, 0) is 18.0 Å². The molecule has 0 atom stereocenters. The zero-order chi connectivity index (χ0) is 14.9. The SMILES string of the molecule is COCc1cccc(OCc2sccc2C#CCCO)c1. The Labute approximate surface area is 129 Å². The minimum atomic E-state index is 0.0925. The number of benzene rings is 1. The second kappa shape index (κ2) is 8.48. The zero-order valence-corrected chi connectivity index (χ0v) is 12.8. The molecule has 0 aliphatic heterocycles. The van der Waals surface area contributed by atoms with Gasteiger partial charge in [-0.3, -0.25) is 0 Å². The van der Waals surface area contributed by atoms with Crippen LogP contribution in [0, 0.1) is 11.8 Å². The second-order valence-electron chi connectivity index (χ2n) is 4.40. The van der Waals surface area contributed by atoms with Gasteiger partial charge in [-0.25, -0.2) is 0 Å². The van der Waals surface area contributed by atoms with Crippen molar-refractivity contribution >= 4 is 11.3 Å². The summed E-state index contributed by atoms with van der Waals surface area (Å²) in [6.07, 6.45) is 0.495. The van der Waals surface area contributed by atoms with E-state index in [4.69, 9.17) is 14.6 Å². The molecule has 0 fully saturated rings. The maximum Gasteiger partial charge on any atom is 0.124 e. The number of thiophene rings is 1. The van der Waals surface area contributed by atoms with Crippen molar-refractivity contribution in [3.63, 3.8) is 0 Å². The highest BCUT2D eigenvalue weighted by atomic mass is 32.1. The van der Waals surface area contributed by atoms with Gasteiger partial charge in [-0.2, -0.15) is 0 Å². The molecule has 0 saturated carbocycles. The summed E-state index contributed by atoms with van der Waals surface area (Å²) < 4.78 is 10.9. The molecule has 0 bridgehead atoms. The van der Waals surface area contributed by atoms with E-state index in [2.05, 4.69) is 11.8 Å². The third-order valence-electron chi connectivity index (χ3n) is 2.78. The predicted molar refractivity (Wildman–Crippen MR) is 84.4 cm³/mol. The summed E-state index contributed by atoms with van der Waals surface area (Å²) in [5, 5.41) is 10.8. The maximum atomic E-state index is 8.75. The van der Waals surface area contributed by atoms with E-state index < -0.39 is 0 Å². The third kappa shape index (κ3) is 4.91. The Kier molecular flexibility index (Phi) is 6.29. The van der Waals surface area contributed by atoms with Crippen molar-refractivity contribution in [1.29, 1.82) is 0 Å². The van der Waals surface area contributed by atoms with Crippen LogP contribution in [0.4, 0.5) is 0 Å². The van der Waals surface area contributed by atoms with Gasteiger partial charge in [0.05, 0.1) is 18.1 Å². The molecule has 110 valence electrons. The van der Waals surface area contributed by atoms with Crippen LogP contribution in [0.15, 0.2) is 35.7 Å². The number of aliphatic hydroxyl groups excluding tert-OH is 1. The maximum absolute atomic E-state index is 8.75. The summed E-state index contributed by atoms with van der Waals surface area (Å²) in [4.78, 5) is 1.09. The summed E-state index contributed by atoms with van der Waals surface area (Å²) in [5.41, 5.74) is 2.06. The molecule has 2 rings (SSSR count). The van der Waals surface area contributed by atoms with E-state index in [0.29, 0.717) is 19.6 Å². The molecule has 0 spiro atoms. The van der Waals surface area contributed by atoms with Gasteiger partial charge in [0.15, 0.2) is 0 Å². The summed E-state index contributed by atoms with van der Waals surface area (Å²) in [7, 11) is 1.68. The average molecular weight is 302 g/mol. The van der Waals surface area contributed by atoms with Crippen molar-refractivity contribution in [2.75, 3.05) is 13.7 Å². The third-order valence-corrected chi connectivity index (χ3v) is 3.68. The molecule has 3 nitrogen and oxygen atoms in total. The number of rotatable bonds is 6. The van der Waals surface area contributed by atoms with Crippen LogP contribution < -0.4 is 4.74 Å². The fourth-order valence-electron chi connectivity index (χ4n) is 1.82. The van der Waals surface area contributed by atoms with Gasteiger partial charge in [-0.1, -0.05) is 24.0 Å². The predicted octanol–water partition coefficient (Wildman–Crippen LogP) is 3.21. The van der Waals surface area contributed by atoms with Crippen molar-refractivity contribution in [1.82, 2.24) is 0 Å². The molecule has 0 saturated heterocycles. The quantitative estimate of drug-likeness (QED) is 0.833. The van der Waals surface area contributed by atoms with Crippen molar-refractivity contribution in [3.8, 4) is 17.6 Å². The van der Waals surface area contributed by atoms with Crippen LogP contribution in [0.25, 0.3) is 0 Å². The highest BCUT2D eigenvalue weighted by Crippen LogP contribution is 2.20. The summed E-state index contributed by atoms with van der Waals surface area (Å²) in [6.45, 7) is 1.17. The van der Waals surface area contributed by atoms with E-state index in [1.807, 2.05) is 35.7 Å². The van der Waals surface area contributed by atoms with Gasteiger partial charge in [-0.15, -0.1) is 11.3 Å². The van der Waals surface area contributed by atoms with Crippen LogP contribution >= 0.6 is 11.3 Å². The highest BCUT2D eigenvalue weighted by molar-refractivity contribution is 7.10. The molecule has 21 heavy (non-hydrogen) atoms. The Hall–Kier alpha value is -1.80. The van der Waals surface area contributed by atoms with E-state index in [0.717, 1.165) is 21.8 Å². The lowest BCUT2D eigenvalue weighted by Crippen LogP contribution is -1.96. The van der Waals surface area contributed by atoms with Gasteiger partial charge in [0.25, 0.3) is 0 Å². The molecule has 1 heterocycles. The van der Waals surface area contributed by atoms with Crippen LogP contribution in [0.2, 0.25) is 0 Å². The van der Waals surface area contributed by atoms with Crippen molar-refractivity contribution in [2.45, 2.75) is 19.6 Å². The van der Waals surface area contributed by atoms with Crippen LogP contribution in [0.3, 0.4) is 0 Å². The van der Waals surface area contributed by atoms with Gasteiger partial charge in [0.2, 0.25) is 0 Å². The van der Waals surface area contributed by atoms with Gasteiger partial charge < -0.3 is 14.6 Å². The largest absolute Gasteiger partial charge is 0.488 e. The molecule has 0 radical (unpaired) electrons. The van der Waals surface area contributed by atoms with Gasteiger partial charge in [-0.05, 0) is 29.1 Å². The monoisotopic (exact) mass is 302 g/mol. The number of ether oxygens (including phenoxy) is 2. The Balaban J connectivity index is 1.99. The molecular formula is C17H18O3S. The van der Waals surface area contributed by atoms with E-state index in [9.17, 15) is 0 Å². The standard InChI is InChI=1S/C17H18O3S/c1-19-12-14-5-4-7-16(11-14)20-13-17-15(8-10-21-17)6-2-3-9-18/h4-5,7-8,10-11,18H,3,9,12-13H2,1H3. The lowest BCUT2D eigenvalue weighted by Gasteiger charge is -2.07. The van der Waals surface area contributed by atoms with E-state index in [-0.39, 0.29) is 6.61 Å². The fraction of sp³-hybridized carbons (Fsp3) is 0.294. The number of hydrogen-bond acceptors (Lipinski definition) is 4. The van der Waals surface area contributed by atoms with Crippen molar-refractivity contribution < 1.29 is 14.6 Å². The first-order chi connectivity index (χ1) is 10.3. The minimum Gasteiger partial charge on any atom is -0.488 e. The first kappa shape index (κ1) is 15.6. The number of hydrogen-bond donors (Lipinski definition) is 1. The van der Waals surface area contributed by atoms with Gasteiger partial charge in [0, 0.05) is 19.1 Å². The average Bonchev–Trinajstić information content (AvgIpc) is 2.94. The molecule has 2 aromatic rings. The molecular weight excluding hydrogens is 284 g/mol. The number of methoxy groups -OCH3 is 1. The van der Waals surface area contributed by atoms with E-state index >= 15 is 0 Å². The second-order valence-corrected chi connectivity index (χ2v) is 5.40. The summed E-state index contributed by atoms with van der Waals surface area (Å²) in [6, 6.07) is 9.86. The first-order valence-electron chi connectivity index (χ1n) is 6.70. The molecule has 0 aliphatic rings. The van der Waals surface area contributed by atoms with E-state index in [1.165, 1.54) is 0 Å². The topological polar surface area (TPSA) is 38.7 Å². The molecule has 1 aromatic heterocycles. The summed E-state index contributed by atoms with van der Waals surface area (Å²) >= 11 is 1.63. The Morgan fingerprint density at radius 3 is 2.95 bits per heavy atom. The molecule has 1 aromatic carbocycles. The zero-order valence-electron chi connectivity index (χ0n) is 12.0. The molecule has 1 N–H and O–H groups in total. The van der Waals surface area contributed by atoms with Crippen molar-refractivity contribution in [3.05, 3.63) is 51.7 Å². The van der Waals surface area contributed by atoms with Crippen LogP contribution in [0.5, 0.6) is 5.75 Å². The number of aliphatic hydroxyl groups is 1. The Morgan fingerprint density at radius 2 is 2.14 bits per heavy atom. The van der Waals surface area contributed by atoms with Gasteiger partial charge >= 0.3 is 0 Å². The van der Waals surface area contributed by atoms with Crippen LogP contribution in [-0.4, -0.2) is 18.8 Å². The molecule has 4 heteroatoms. The first-order valence-corrected chi connectivity index (χ1v) is 7.58. The lowest BCUT2D eigenvalue weighted by molar-refractivity contribution is 0.184. The smallest absolute Gasteiger partial charge is 0.124 e. The van der Waals surface area contributed by atoms with Crippen LogP contribution in [0.1, 0.15) is 22.4 Å². The minimum absolute atomic E-state index is 0.0925. The molecule has 0 unspecified atom stereocenters. The molecule has 0 amide bonds. The Bertz CT molecular complexity index is 622. The van der Waals surface area contributed by atoms with Gasteiger partial charge in [0.1, 0.15) is 12.4 Å². The molecule has 0 aliphatic carbocycles. The Morgan fingerprint density at radius 1 is 1.24 bits per heavy atom. The van der Waals surface area contributed by atoms with E-state index in [1.54, 1.807) is 18.4 Å². The van der Waals surface area contributed by atoms with Crippen molar-refractivity contribution in [2.24, 2.45) is 0 Å². The summed E-state index contributed by atoms with van der Waals surface area (Å²) in [5.74, 6) is 6.83. The fourth-order valence-corrected chi connectivity index (χ4v) is 2.56. The normalized spacial score (nSPS) is 10.0. The highest BCUT2D eigenvalue weighted by Gasteiger charge is 2.04. The lowest BCUT2D eigenvalue weighted by atomic mass is 10.2.